The zero-order valence-electron chi connectivity index (χ0n) is 32.9. The van der Waals surface area contributed by atoms with Crippen LogP contribution in [0.4, 0.5) is 0 Å². The minimum atomic E-state index is -1.89. The second-order valence-electron chi connectivity index (χ2n) is 15.5. The number of methoxy groups -OCH3 is 1. The molecule has 56 heavy (non-hydrogen) atoms. The third kappa shape index (κ3) is 11.5. The molecule has 0 saturated carbocycles. The van der Waals surface area contributed by atoms with Gasteiger partial charge in [-0.1, -0.05) is 58.3 Å². The second-order valence-corrected chi connectivity index (χ2v) is 15.5. The van der Waals surface area contributed by atoms with Gasteiger partial charge in [0, 0.05) is 25.4 Å². The van der Waals surface area contributed by atoms with Gasteiger partial charge in [0.1, 0.15) is 30.5 Å². The van der Waals surface area contributed by atoms with E-state index in [0.717, 1.165) is 48.6 Å². The Kier molecular flexibility index (Phi) is 16.2. The van der Waals surface area contributed by atoms with Gasteiger partial charge in [-0.25, -0.2) is 4.79 Å². The van der Waals surface area contributed by atoms with Crippen molar-refractivity contribution >= 4 is 23.7 Å². The lowest BCUT2D eigenvalue weighted by Crippen LogP contribution is -2.54. The second kappa shape index (κ2) is 20.4. The van der Waals surface area contributed by atoms with Crippen molar-refractivity contribution in [2.45, 2.75) is 166 Å². The number of carbonyl (C=O) groups excluding carboxylic acids is 4. The Balaban J connectivity index is 1.53. The first kappa shape index (κ1) is 44.6. The molecule has 2 fully saturated rings. The van der Waals surface area contributed by atoms with Crippen molar-refractivity contribution in [3.63, 3.8) is 0 Å². The van der Waals surface area contributed by atoms with Crippen LogP contribution in [0, 0.1) is 5.41 Å². The molecule has 1 aromatic rings. The lowest BCUT2D eigenvalue weighted by molar-refractivity contribution is -0.241. The molecule has 0 aliphatic carbocycles. The van der Waals surface area contributed by atoms with Crippen LogP contribution in [0.1, 0.15) is 111 Å². The number of aromatic amines is 1. The highest BCUT2D eigenvalue weighted by Crippen LogP contribution is 2.38. The van der Waals surface area contributed by atoms with Gasteiger partial charge >= 0.3 is 11.7 Å². The fourth-order valence-corrected chi connectivity index (χ4v) is 7.12. The van der Waals surface area contributed by atoms with Gasteiger partial charge in [-0.05, 0) is 52.5 Å². The zero-order chi connectivity index (χ0) is 41.2. The molecule has 2 saturated heterocycles. The van der Waals surface area contributed by atoms with E-state index in [1.54, 1.807) is 13.8 Å². The molecule has 0 aromatic carbocycles. The highest BCUT2D eigenvalue weighted by molar-refractivity contribution is 5.95. The number of amides is 3. The number of carbonyl (C=O) groups is 4. The maximum Gasteiger partial charge on any atom is 0.330 e. The molecule has 0 bridgehead atoms. The number of nitrogens with one attached hydrogen (secondary N) is 3. The standard InChI is InChI=1S/C38H59N5O13/c1-6-7-8-9-10-11-12-13-18-38(3,4)36(50)56-30-27(52-5)28(54-34(30)43-19-17-25(45)42-37(43)51)29(31(39)47)55-35-26(46)23(44)20-24(53-35)33(49)41-22-16-14-15-21(2)40-32(22)48/h17,19-23,26-30,34-35,44,46H,6-16,18H2,1-5H3,(H2,39,47)(H,40,48)(H,41,49)(H,42,45,51). The van der Waals surface area contributed by atoms with E-state index in [0.29, 0.717) is 25.7 Å². The van der Waals surface area contributed by atoms with Gasteiger partial charge in [-0.15, -0.1) is 0 Å². The van der Waals surface area contributed by atoms with Crippen LogP contribution in [0.3, 0.4) is 0 Å². The first-order valence-corrected chi connectivity index (χ1v) is 19.6. The molecule has 314 valence electrons. The summed E-state index contributed by atoms with van der Waals surface area (Å²) in [7, 11) is 1.24. The quantitative estimate of drug-likeness (QED) is 0.0843. The average molecular weight is 794 g/mol. The number of aliphatic hydroxyl groups excluding tert-OH is 2. The summed E-state index contributed by atoms with van der Waals surface area (Å²) in [4.78, 5) is 79.8. The predicted molar refractivity (Wildman–Crippen MR) is 199 cm³/mol. The van der Waals surface area contributed by atoms with Gasteiger partial charge in [0.25, 0.3) is 11.5 Å². The molecule has 1 aromatic heterocycles. The van der Waals surface area contributed by atoms with Crippen LogP contribution in [0.15, 0.2) is 33.7 Å². The van der Waals surface area contributed by atoms with Crippen LogP contribution in [-0.2, 0) is 42.9 Å². The molecule has 3 amide bonds. The Morgan fingerprint density at radius 1 is 1.05 bits per heavy atom. The van der Waals surface area contributed by atoms with Crippen molar-refractivity contribution in [3.05, 3.63) is 44.9 Å². The highest BCUT2D eigenvalue weighted by Gasteiger charge is 2.55. The summed E-state index contributed by atoms with van der Waals surface area (Å²) < 4.78 is 30.3. The number of nitrogens with zero attached hydrogens (tertiary/aromatic N) is 1. The maximum atomic E-state index is 13.8. The Morgan fingerprint density at radius 2 is 1.73 bits per heavy atom. The minimum absolute atomic E-state index is 0.0829. The molecular formula is C38H59N5O13. The first-order valence-electron chi connectivity index (χ1n) is 19.6. The Hall–Kier alpha value is -4.10. The van der Waals surface area contributed by atoms with Crippen LogP contribution in [-0.4, -0.2) is 106 Å². The number of unbranched alkanes of at least 4 members (excludes halogenated alkanes) is 7. The largest absolute Gasteiger partial charge is 0.456 e. The molecule has 10 unspecified atom stereocenters. The van der Waals surface area contributed by atoms with E-state index in [-0.39, 0.29) is 6.04 Å². The van der Waals surface area contributed by atoms with Gasteiger partial charge in [-0.3, -0.25) is 33.5 Å². The van der Waals surface area contributed by atoms with E-state index in [9.17, 15) is 39.0 Å². The number of hydrogen-bond donors (Lipinski definition) is 6. The Morgan fingerprint density at radius 3 is 2.38 bits per heavy atom. The fraction of sp³-hybridized carbons (Fsp3) is 0.737. The average Bonchev–Trinajstić information content (AvgIpc) is 3.40. The van der Waals surface area contributed by atoms with E-state index in [2.05, 4.69) is 22.5 Å². The van der Waals surface area contributed by atoms with Gasteiger partial charge < -0.3 is 50.3 Å². The summed E-state index contributed by atoms with van der Waals surface area (Å²) in [5.74, 6) is -3.58. The molecule has 4 rings (SSSR count). The molecular weight excluding hydrogens is 734 g/mol. The van der Waals surface area contributed by atoms with Gasteiger partial charge in [0.15, 0.2) is 24.2 Å². The summed E-state index contributed by atoms with van der Waals surface area (Å²) in [5.41, 5.74) is 3.20. The van der Waals surface area contributed by atoms with E-state index in [4.69, 9.17) is 29.4 Å². The monoisotopic (exact) mass is 793 g/mol. The molecule has 0 radical (unpaired) electrons. The van der Waals surface area contributed by atoms with Crippen LogP contribution >= 0.6 is 0 Å². The lowest BCUT2D eigenvalue weighted by Gasteiger charge is -2.35. The van der Waals surface area contributed by atoms with Gasteiger partial charge in [-0.2, -0.15) is 0 Å². The third-order valence-corrected chi connectivity index (χ3v) is 10.5. The SMILES string of the molecule is CCCCCCCCCCC(C)(C)C(=O)OC1C(OC)C(C(OC2OC(C(=O)NC3CCCC(C)NC3=O)=CC(O)C2O)C(N)=O)OC1n1ccc(=O)[nH]c1=O. The summed E-state index contributed by atoms with van der Waals surface area (Å²) in [5, 5.41) is 26.9. The predicted octanol–water partition coefficient (Wildman–Crippen LogP) is 0.924. The van der Waals surface area contributed by atoms with Crippen LogP contribution in [0.2, 0.25) is 0 Å². The summed E-state index contributed by atoms with van der Waals surface area (Å²) in [6.07, 6.45) is -0.176. The van der Waals surface area contributed by atoms with Gasteiger partial charge in [0.05, 0.1) is 5.41 Å². The summed E-state index contributed by atoms with van der Waals surface area (Å²) in [6.45, 7) is 7.49. The van der Waals surface area contributed by atoms with E-state index in [1.165, 1.54) is 32.8 Å². The van der Waals surface area contributed by atoms with Gasteiger partial charge in [0.2, 0.25) is 18.1 Å². The molecule has 7 N–H and O–H groups in total. The van der Waals surface area contributed by atoms with Crippen molar-refractivity contribution < 1.29 is 53.1 Å². The van der Waals surface area contributed by atoms with Crippen molar-refractivity contribution in [2.75, 3.05) is 7.11 Å². The molecule has 10 atom stereocenters. The number of H-pyrrole nitrogens is 1. The van der Waals surface area contributed by atoms with Crippen molar-refractivity contribution in [1.29, 1.82) is 0 Å². The topological polar surface area (TPSA) is 260 Å². The van der Waals surface area contributed by atoms with Crippen LogP contribution in [0.25, 0.3) is 0 Å². The van der Waals surface area contributed by atoms with Crippen molar-refractivity contribution in [1.82, 2.24) is 20.2 Å². The number of ether oxygens (including phenoxy) is 5. The first-order chi connectivity index (χ1) is 26.6. The molecule has 0 spiro atoms. The summed E-state index contributed by atoms with van der Waals surface area (Å²) in [6, 6.07) is 0.0745. The fourth-order valence-electron chi connectivity index (χ4n) is 7.12. The zero-order valence-corrected chi connectivity index (χ0v) is 32.9. The normalized spacial score (nSPS) is 28.7. The highest BCUT2D eigenvalue weighted by atomic mass is 16.7. The molecule has 3 aliphatic heterocycles. The number of aromatic nitrogens is 2. The Bertz CT molecular complexity index is 1660. The number of hydrogen-bond acceptors (Lipinski definition) is 13. The third-order valence-electron chi connectivity index (χ3n) is 10.5. The number of nitrogens with two attached hydrogens (primary N) is 1. The Labute approximate surface area is 325 Å². The smallest absolute Gasteiger partial charge is 0.330 e. The number of rotatable bonds is 19. The lowest BCUT2D eigenvalue weighted by atomic mass is 9.86. The molecule has 3 aliphatic rings. The summed E-state index contributed by atoms with van der Waals surface area (Å²) >= 11 is 0. The number of esters is 1. The van der Waals surface area contributed by atoms with Crippen molar-refractivity contribution in [2.24, 2.45) is 11.1 Å². The van der Waals surface area contributed by atoms with Crippen molar-refractivity contribution in [3.8, 4) is 0 Å². The van der Waals surface area contributed by atoms with Crippen LogP contribution in [0.5, 0.6) is 0 Å². The number of aliphatic hydroxyl groups is 2. The maximum absolute atomic E-state index is 13.8. The molecule has 18 heteroatoms. The van der Waals surface area contributed by atoms with E-state index < -0.39 is 101 Å². The van der Waals surface area contributed by atoms with E-state index >= 15 is 0 Å². The molecule has 4 heterocycles. The minimum Gasteiger partial charge on any atom is -0.456 e. The van der Waals surface area contributed by atoms with E-state index in [1.807, 2.05) is 6.92 Å². The van der Waals surface area contributed by atoms with Crippen LogP contribution < -0.4 is 27.6 Å². The molecule has 18 nitrogen and oxygen atoms in total. The number of primary amides is 1.